The first-order valence-electron chi connectivity index (χ1n) is 6.51. The van der Waals surface area contributed by atoms with E-state index < -0.39 is 0 Å². The highest BCUT2D eigenvalue weighted by molar-refractivity contribution is 5.71. The summed E-state index contributed by atoms with van der Waals surface area (Å²) in [6.45, 7) is 2.94. The summed E-state index contributed by atoms with van der Waals surface area (Å²) < 4.78 is 0. The van der Waals surface area contributed by atoms with Crippen LogP contribution in [0.15, 0.2) is 30.6 Å². The topological polar surface area (TPSA) is 47.8 Å². The van der Waals surface area contributed by atoms with Gasteiger partial charge in [0.2, 0.25) is 0 Å². The van der Waals surface area contributed by atoms with Gasteiger partial charge in [0.05, 0.1) is 18.0 Å². The highest BCUT2D eigenvalue weighted by atomic mass is 15.3. The predicted molar refractivity (Wildman–Crippen MR) is 82.1 cm³/mol. The van der Waals surface area contributed by atoms with Crippen LogP contribution >= 0.6 is 0 Å². The Morgan fingerprint density at radius 3 is 2.74 bits per heavy atom. The number of likely N-dealkylation sites (N-methyl/N-ethyl adjacent to an activating group) is 1. The van der Waals surface area contributed by atoms with E-state index in [-0.39, 0.29) is 0 Å². The van der Waals surface area contributed by atoms with Gasteiger partial charge in [-0.05, 0) is 18.2 Å². The van der Waals surface area contributed by atoms with Crippen molar-refractivity contribution in [2.75, 3.05) is 56.9 Å². The maximum absolute atomic E-state index is 5.99. The van der Waals surface area contributed by atoms with Crippen molar-refractivity contribution in [3.8, 4) is 0 Å². The molecule has 1 aromatic rings. The second-order valence-corrected chi connectivity index (χ2v) is 4.95. The molecule has 1 aliphatic heterocycles. The van der Waals surface area contributed by atoms with Crippen molar-refractivity contribution < 1.29 is 0 Å². The molecule has 0 bridgehead atoms. The number of nitrogens with two attached hydrogens (primary N) is 1. The van der Waals surface area contributed by atoms with E-state index in [0.29, 0.717) is 0 Å². The molecule has 0 aromatic heterocycles. The molecule has 1 aliphatic rings. The van der Waals surface area contributed by atoms with E-state index in [2.05, 4.69) is 52.6 Å². The normalized spacial score (nSPS) is 14.1. The minimum atomic E-state index is 0.785. The third-order valence-electron chi connectivity index (χ3n) is 3.40. The third-order valence-corrected chi connectivity index (χ3v) is 3.40. The Bertz CT molecular complexity index is 457. The van der Waals surface area contributed by atoms with E-state index in [1.54, 1.807) is 0 Å². The summed E-state index contributed by atoms with van der Waals surface area (Å²) in [5.74, 6) is 0. The van der Waals surface area contributed by atoms with Gasteiger partial charge in [-0.3, -0.25) is 0 Å². The summed E-state index contributed by atoms with van der Waals surface area (Å²) in [6, 6.07) is 6.12. The van der Waals surface area contributed by atoms with Crippen LogP contribution in [0.3, 0.4) is 0 Å². The van der Waals surface area contributed by atoms with Crippen LogP contribution < -0.4 is 16.0 Å². The van der Waals surface area contributed by atoms with Gasteiger partial charge < -0.3 is 25.8 Å². The molecule has 0 radical (unpaired) electrons. The Kier molecular flexibility index (Phi) is 4.04. The maximum atomic E-state index is 5.99. The molecule has 19 heavy (non-hydrogen) atoms. The molecule has 3 N–H and O–H groups in total. The number of hydrogen-bond donors (Lipinski definition) is 2. The van der Waals surface area contributed by atoms with Gasteiger partial charge in [-0.1, -0.05) is 0 Å². The zero-order chi connectivity index (χ0) is 13.8. The summed E-state index contributed by atoms with van der Waals surface area (Å²) in [5.41, 5.74) is 8.89. The van der Waals surface area contributed by atoms with Crippen LogP contribution in [-0.4, -0.2) is 50.7 Å². The van der Waals surface area contributed by atoms with Crippen molar-refractivity contribution in [1.29, 1.82) is 0 Å². The number of nitrogens with zero attached hydrogens (tertiary/aromatic N) is 3. The minimum absolute atomic E-state index is 0.785. The first kappa shape index (κ1) is 13.4. The van der Waals surface area contributed by atoms with Crippen LogP contribution in [0.5, 0.6) is 0 Å². The second-order valence-electron chi connectivity index (χ2n) is 4.95. The Labute approximate surface area is 115 Å². The molecular formula is C14H23N5. The summed E-state index contributed by atoms with van der Waals surface area (Å²) in [4.78, 5) is 6.68. The molecule has 0 aliphatic carbocycles. The fourth-order valence-corrected chi connectivity index (χ4v) is 2.16. The molecule has 2 rings (SSSR count). The lowest BCUT2D eigenvalue weighted by Crippen LogP contribution is -2.31. The minimum Gasteiger partial charge on any atom is -0.397 e. The van der Waals surface area contributed by atoms with Crippen molar-refractivity contribution in [2.24, 2.45) is 0 Å². The quantitative estimate of drug-likeness (QED) is 0.785. The molecular weight excluding hydrogens is 238 g/mol. The van der Waals surface area contributed by atoms with Crippen LogP contribution in [0, 0.1) is 0 Å². The molecule has 0 unspecified atom stereocenters. The second kappa shape index (κ2) is 5.73. The molecule has 1 heterocycles. The van der Waals surface area contributed by atoms with E-state index in [1.807, 2.05) is 19.2 Å². The van der Waals surface area contributed by atoms with Crippen LogP contribution in [0.2, 0.25) is 0 Å². The molecule has 0 saturated heterocycles. The van der Waals surface area contributed by atoms with E-state index in [1.165, 1.54) is 0 Å². The molecule has 104 valence electrons. The summed E-state index contributed by atoms with van der Waals surface area (Å²) in [6.07, 6.45) is 4.23. The van der Waals surface area contributed by atoms with Gasteiger partial charge in [-0.15, -0.1) is 0 Å². The molecule has 1 aromatic carbocycles. The van der Waals surface area contributed by atoms with Gasteiger partial charge >= 0.3 is 0 Å². The maximum Gasteiger partial charge on any atom is 0.0891 e. The fourth-order valence-electron chi connectivity index (χ4n) is 2.16. The van der Waals surface area contributed by atoms with Crippen LogP contribution in [0.25, 0.3) is 0 Å². The van der Waals surface area contributed by atoms with E-state index in [9.17, 15) is 0 Å². The lowest BCUT2D eigenvalue weighted by molar-refractivity contribution is 0.301. The smallest absolute Gasteiger partial charge is 0.0891 e. The number of nitrogen functional groups attached to an aromatic ring is 1. The first-order chi connectivity index (χ1) is 9.10. The average Bonchev–Trinajstić information content (AvgIpc) is 2.81. The standard InChI is InChI=1S/C14H23N5/c1-16-14-5-4-12(10-13(14)15)18(3)7-9-19-8-6-17(2)11-19/h4-6,8,10,16H,7,9,11,15H2,1-3H3. The highest BCUT2D eigenvalue weighted by Crippen LogP contribution is 2.24. The van der Waals surface area contributed by atoms with Gasteiger partial charge in [-0.2, -0.15) is 0 Å². The zero-order valence-corrected chi connectivity index (χ0v) is 11.9. The first-order valence-corrected chi connectivity index (χ1v) is 6.51. The van der Waals surface area contributed by atoms with E-state index >= 15 is 0 Å². The number of rotatable bonds is 5. The summed E-state index contributed by atoms with van der Waals surface area (Å²) in [7, 11) is 6.06. The predicted octanol–water partition coefficient (Wildman–Crippen LogP) is 1.42. The summed E-state index contributed by atoms with van der Waals surface area (Å²) >= 11 is 0. The average molecular weight is 261 g/mol. The highest BCUT2D eigenvalue weighted by Gasteiger charge is 2.10. The van der Waals surface area contributed by atoms with Crippen molar-refractivity contribution >= 4 is 17.1 Å². The van der Waals surface area contributed by atoms with E-state index in [4.69, 9.17) is 5.73 Å². The van der Waals surface area contributed by atoms with Gasteiger partial charge in [0, 0.05) is 52.3 Å². The van der Waals surface area contributed by atoms with Crippen LogP contribution in [0.1, 0.15) is 0 Å². The van der Waals surface area contributed by atoms with Gasteiger partial charge in [0.15, 0.2) is 0 Å². The lowest BCUT2D eigenvalue weighted by atomic mass is 10.2. The largest absolute Gasteiger partial charge is 0.397 e. The molecule has 5 heteroatoms. The third kappa shape index (κ3) is 3.24. The number of nitrogens with one attached hydrogen (secondary N) is 1. The lowest BCUT2D eigenvalue weighted by Gasteiger charge is -2.24. The molecule has 0 spiro atoms. The van der Waals surface area contributed by atoms with Gasteiger partial charge in [0.1, 0.15) is 0 Å². The monoisotopic (exact) mass is 261 g/mol. The number of benzene rings is 1. The van der Waals surface area contributed by atoms with Crippen molar-refractivity contribution in [3.63, 3.8) is 0 Å². The van der Waals surface area contributed by atoms with Gasteiger partial charge in [-0.25, -0.2) is 0 Å². The molecule has 0 saturated carbocycles. The van der Waals surface area contributed by atoms with Crippen LogP contribution in [-0.2, 0) is 0 Å². The Hall–Kier alpha value is -2.04. The molecule has 0 amide bonds. The summed E-state index contributed by atoms with van der Waals surface area (Å²) in [5, 5.41) is 3.08. The Morgan fingerprint density at radius 1 is 1.37 bits per heavy atom. The van der Waals surface area contributed by atoms with Crippen molar-refractivity contribution in [2.45, 2.75) is 0 Å². The number of anilines is 3. The zero-order valence-electron chi connectivity index (χ0n) is 11.9. The Balaban J connectivity index is 1.91. The van der Waals surface area contributed by atoms with Crippen LogP contribution in [0.4, 0.5) is 17.1 Å². The number of hydrogen-bond acceptors (Lipinski definition) is 5. The fraction of sp³-hybridized carbons (Fsp3) is 0.429. The molecule has 5 nitrogen and oxygen atoms in total. The van der Waals surface area contributed by atoms with Gasteiger partial charge in [0.25, 0.3) is 0 Å². The Morgan fingerprint density at radius 2 is 2.16 bits per heavy atom. The molecule has 0 fully saturated rings. The molecule has 0 atom stereocenters. The van der Waals surface area contributed by atoms with E-state index in [0.717, 1.165) is 36.8 Å². The SMILES string of the molecule is CNc1ccc(N(C)CCN2C=CN(C)C2)cc1N. The van der Waals surface area contributed by atoms with Crippen molar-refractivity contribution in [3.05, 3.63) is 30.6 Å². The van der Waals surface area contributed by atoms with Crippen molar-refractivity contribution in [1.82, 2.24) is 9.80 Å².